The van der Waals surface area contributed by atoms with Gasteiger partial charge in [0.2, 0.25) is 0 Å². The molecule has 0 bridgehead atoms. The van der Waals surface area contributed by atoms with Gasteiger partial charge in [-0.1, -0.05) is 50.2 Å². The van der Waals surface area contributed by atoms with Crippen LogP contribution in [0.1, 0.15) is 47.9 Å². The smallest absolute Gasteiger partial charge is 0.252 e. The predicted octanol–water partition coefficient (Wildman–Crippen LogP) is 2.51. The number of rotatable bonds is 7. The largest absolute Gasteiger partial charge is 0.507 e. The molecule has 2 aromatic carbocycles. The number of aliphatic hydroxyl groups is 1. The number of carbonyl (C=O) groups is 1. The van der Waals surface area contributed by atoms with E-state index in [1.807, 2.05) is 32.0 Å². The number of hydrogen-bond acceptors (Lipinski definition) is 4. The number of phenols is 1. The van der Waals surface area contributed by atoms with Crippen LogP contribution in [-0.4, -0.2) is 22.2 Å². The van der Waals surface area contributed by atoms with E-state index in [2.05, 4.69) is 12.1 Å². The van der Waals surface area contributed by atoms with Crippen LogP contribution in [-0.2, 0) is 6.42 Å². The molecule has 0 spiro atoms. The number of nitrogens with two attached hydrogens (primary N) is 2. The fourth-order valence-corrected chi connectivity index (χ4v) is 2.85. The molecule has 0 aliphatic carbocycles. The highest BCUT2D eigenvalue weighted by molar-refractivity contribution is 5.95. The van der Waals surface area contributed by atoms with E-state index in [-0.39, 0.29) is 16.7 Å². The van der Waals surface area contributed by atoms with E-state index in [0.29, 0.717) is 5.56 Å². The van der Waals surface area contributed by atoms with Crippen molar-refractivity contribution in [1.29, 1.82) is 0 Å². The van der Waals surface area contributed by atoms with E-state index in [0.717, 1.165) is 12.8 Å². The van der Waals surface area contributed by atoms with Crippen molar-refractivity contribution in [3.8, 4) is 5.75 Å². The minimum absolute atomic E-state index is 0.0224. The third-order valence-corrected chi connectivity index (χ3v) is 4.77. The Morgan fingerprint density at radius 1 is 1.16 bits per heavy atom. The number of amides is 1. The molecule has 2 aromatic rings. The molecule has 6 N–H and O–H groups in total. The second kappa shape index (κ2) is 7.68. The molecular weight excluding hydrogens is 316 g/mol. The Morgan fingerprint density at radius 2 is 1.80 bits per heavy atom. The summed E-state index contributed by atoms with van der Waals surface area (Å²) in [6.07, 6.45) is 0.691. The Morgan fingerprint density at radius 3 is 2.40 bits per heavy atom. The van der Waals surface area contributed by atoms with Gasteiger partial charge in [-0.2, -0.15) is 0 Å². The highest BCUT2D eigenvalue weighted by Gasteiger charge is 2.33. The normalized spacial score (nSPS) is 14.1. The van der Waals surface area contributed by atoms with Gasteiger partial charge in [0.15, 0.2) is 0 Å². The van der Waals surface area contributed by atoms with Crippen molar-refractivity contribution in [2.75, 3.05) is 0 Å². The lowest BCUT2D eigenvalue weighted by atomic mass is 9.76. The first-order valence-electron chi connectivity index (χ1n) is 8.32. The van der Waals surface area contributed by atoms with Crippen LogP contribution in [0.25, 0.3) is 0 Å². The van der Waals surface area contributed by atoms with Crippen LogP contribution in [0.3, 0.4) is 0 Å². The second-order valence-electron chi connectivity index (χ2n) is 7.09. The van der Waals surface area contributed by atoms with E-state index < -0.39 is 18.1 Å². The number of primary amides is 1. The first-order chi connectivity index (χ1) is 11.7. The molecule has 0 saturated carbocycles. The van der Waals surface area contributed by atoms with Crippen LogP contribution < -0.4 is 11.5 Å². The molecule has 0 aromatic heterocycles. The molecule has 5 heteroatoms. The van der Waals surface area contributed by atoms with Crippen molar-refractivity contribution in [1.82, 2.24) is 0 Å². The van der Waals surface area contributed by atoms with Crippen molar-refractivity contribution < 1.29 is 15.0 Å². The maximum Gasteiger partial charge on any atom is 0.252 e. The van der Waals surface area contributed by atoms with Gasteiger partial charge < -0.3 is 21.7 Å². The molecular formula is C20H26N2O3. The van der Waals surface area contributed by atoms with Crippen molar-refractivity contribution in [2.45, 2.75) is 38.8 Å². The molecule has 0 heterocycles. The predicted molar refractivity (Wildman–Crippen MR) is 98.1 cm³/mol. The lowest BCUT2D eigenvalue weighted by molar-refractivity contribution is 0.0796. The zero-order chi connectivity index (χ0) is 18.6. The van der Waals surface area contributed by atoms with E-state index >= 15 is 0 Å². The average Bonchev–Trinajstić information content (AvgIpc) is 2.60. The van der Waals surface area contributed by atoms with Crippen LogP contribution in [0.15, 0.2) is 48.5 Å². The molecule has 0 radical (unpaired) electrons. The number of aromatic hydroxyl groups is 1. The Labute approximate surface area is 148 Å². The summed E-state index contributed by atoms with van der Waals surface area (Å²) >= 11 is 0. The van der Waals surface area contributed by atoms with Gasteiger partial charge in [-0.25, -0.2) is 0 Å². The summed E-state index contributed by atoms with van der Waals surface area (Å²) in [5.74, 6) is -0.955. The molecule has 25 heavy (non-hydrogen) atoms. The molecule has 0 aliphatic rings. The molecule has 1 amide bonds. The highest BCUT2D eigenvalue weighted by Crippen LogP contribution is 2.34. The topological polar surface area (TPSA) is 110 Å². The van der Waals surface area contributed by atoms with Gasteiger partial charge >= 0.3 is 0 Å². The second-order valence-corrected chi connectivity index (χ2v) is 7.09. The Bertz CT molecular complexity index is 729. The van der Waals surface area contributed by atoms with Crippen molar-refractivity contribution in [2.24, 2.45) is 16.9 Å². The SMILES string of the molecule is CC(C)(CCc1ccccc1)C(N)C(O)c1ccc(O)c(C(N)=O)c1. The van der Waals surface area contributed by atoms with Gasteiger partial charge in [0.05, 0.1) is 11.7 Å². The molecule has 134 valence electrons. The summed E-state index contributed by atoms with van der Waals surface area (Å²) in [6.45, 7) is 4.03. The van der Waals surface area contributed by atoms with Gasteiger partial charge in [-0.15, -0.1) is 0 Å². The summed E-state index contributed by atoms with van der Waals surface area (Å²) < 4.78 is 0. The summed E-state index contributed by atoms with van der Waals surface area (Å²) in [6, 6.07) is 13.9. The maximum absolute atomic E-state index is 11.4. The monoisotopic (exact) mass is 342 g/mol. The summed E-state index contributed by atoms with van der Waals surface area (Å²) in [5, 5.41) is 20.3. The van der Waals surface area contributed by atoms with Gasteiger partial charge in [-0.3, -0.25) is 4.79 Å². The number of aryl methyl sites for hydroxylation is 1. The lowest BCUT2D eigenvalue weighted by Crippen LogP contribution is -2.42. The van der Waals surface area contributed by atoms with Gasteiger partial charge in [0.1, 0.15) is 5.75 Å². The van der Waals surface area contributed by atoms with E-state index in [4.69, 9.17) is 11.5 Å². The number of carbonyl (C=O) groups excluding carboxylic acids is 1. The first kappa shape index (κ1) is 19.0. The molecule has 2 atom stereocenters. The summed E-state index contributed by atoms with van der Waals surface area (Å²) in [7, 11) is 0. The maximum atomic E-state index is 11.4. The van der Waals surface area contributed by atoms with E-state index in [1.165, 1.54) is 17.7 Å². The van der Waals surface area contributed by atoms with Crippen LogP contribution in [0.5, 0.6) is 5.75 Å². The first-order valence-corrected chi connectivity index (χ1v) is 8.32. The minimum atomic E-state index is -0.968. The zero-order valence-corrected chi connectivity index (χ0v) is 14.6. The number of hydrogen-bond donors (Lipinski definition) is 4. The average molecular weight is 342 g/mol. The highest BCUT2D eigenvalue weighted by atomic mass is 16.3. The van der Waals surface area contributed by atoms with Crippen LogP contribution >= 0.6 is 0 Å². The van der Waals surface area contributed by atoms with Crippen LogP contribution in [0.4, 0.5) is 0 Å². The van der Waals surface area contributed by atoms with Gasteiger partial charge in [0.25, 0.3) is 5.91 Å². The van der Waals surface area contributed by atoms with Crippen molar-refractivity contribution >= 4 is 5.91 Å². The minimum Gasteiger partial charge on any atom is -0.507 e. The quantitative estimate of drug-likeness (QED) is 0.620. The standard InChI is InChI=1S/C20H26N2O3/c1-20(2,11-10-13-6-4-3-5-7-13)18(21)17(24)14-8-9-16(23)15(12-14)19(22)25/h3-9,12,17-18,23-24H,10-11,21H2,1-2H3,(H2,22,25). The third-order valence-electron chi connectivity index (χ3n) is 4.77. The van der Waals surface area contributed by atoms with E-state index in [1.54, 1.807) is 6.07 Å². The fourth-order valence-electron chi connectivity index (χ4n) is 2.85. The Balaban J connectivity index is 2.13. The summed E-state index contributed by atoms with van der Waals surface area (Å²) in [5.41, 5.74) is 12.9. The van der Waals surface area contributed by atoms with Crippen molar-refractivity contribution in [3.05, 3.63) is 65.2 Å². The molecule has 5 nitrogen and oxygen atoms in total. The number of benzene rings is 2. The van der Waals surface area contributed by atoms with E-state index in [9.17, 15) is 15.0 Å². The third kappa shape index (κ3) is 4.59. The van der Waals surface area contributed by atoms with Gasteiger partial charge in [-0.05, 0) is 41.5 Å². The molecule has 0 aliphatic heterocycles. The Kier molecular flexibility index (Phi) is 5.82. The summed E-state index contributed by atoms with van der Waals surface area (Å²) in [4.78, 5) is 11.4. The zero-order valence-electron chi connectivity index (χ0n) is 14.6. The number of aliphatic hydroxyl groups excluding tert-OH is 1. The molecule has 0 saturated heterocycles. The van der Waals surface area contributed by atoms with Crippen LogP contribution in [0.2, 0.25) is 0 Å². The molecule has 2 unspecified atom stereocenters. The van der Waals surface area contributed by atoms with Gasteiger partial charge in [0, 0.05) is 6.04 Å². The molecule has 2 rings (SSSR count). The fraction of sp³-hybridized carbons (Fsp3) is 0.350. The lowest BCUT2D eigenvalue weighted by Gasteiger charge is -2.35. The Hall–Kier alpha value is -2.37. The van der Waals surface area contributed by atoms with Crippen molar-refractivity contribution in [3.63, 3.8) is 0 Å². The van der Waals surface area contributed by atoms with Crippen LogP contribution in [0, 0.1) is 5.41 Å². The molecule has 0 fully saturated rings.